The van der Waals surface area contributed by atoms with Gasteiger partial charge in [0.2, 0.25) is 5.91 Å². The number of nitrogens with one attached hydrogen (secondary N) is 2. The molecule has 2 N–H and O–H groups in total. The van der Waals surface area contributed by atoms with Crippen molar-refractivity contribution in [3.05, 3.63) is 87.0 Å². The molecule has 3 aromatic carbocycles. The Morgan fingerprint density at radius 3 is 2.38 bits per heavy atom. The molecule has 2 amide bonds. The first-order valence-electron chi connectivity index (χ1n) is 8.81. The van der Waals surface area contributed by atoms with E-state index in [9.17, 15) is 9.59 Å². The fraction of sp³-hybridized carbons (Fsp3) is 0.0909. The van der Waals surface area contributed by atoms with Crippen LogP contribution in [0.4, 0.5) is 11.4 Å². The lowest BCUT2D eigenvalue weighted by Crippen LogP contribution is -2.22. The topological polar surface area (TPSA) is 58.2 Å². The molecule has 0 heterocycles. The summed E-state index contributed by atoms with van der Waals surface area (Å²) in [4.78, 5) is 25.7. The molecule has 29 heavy (non-hydrogen) atoms. The second-order valence-corrected chi connectivity index (χ2v) is 9.34. The highest BCUT2D eigenvalue weighted by atomic mass is 127. The molecule has 0 bridgehead atoms. The molecule has 3 aromatic rings. The molecular formula is C22H18ClIN2O2S. The van der Waals surface area contributed by atoms with Crippen molar-refractivity contribution in [2.45, 2.75) is 17.1 Å². The number of hydrogen-bond donors (Lipinski definition) is 2. The zero-order valence-corrected chi connectivity index (χ0v) is 19.2. The zero-order chi connectivity index (χ0) is 20.8. The summed E-state index contributed by atoms with van der Waals surface area (Å²) >= 11 is 9.60. The maximum absolute atomic E-state index is 12.5. The van der Waals surface area contributed by atoms with Crippen molar-refractivity contribution in [3.8, 4) is 0 Å². The third-order valence-corrected chi connectivity index (χ3v) is 6.02. The van der Waals surface area contributed by atoms with E-state index in [2.05, 4.69) is 33.2 Å². The normalized spacial score (nSPS) is 11.6. The van der Waals surface area contributed by atoms with Crippen LogP contribution in [0.15, 0.2) is 77.7 Å². The Bertz CT molecular complexity index is 1030. The van der Waals surface area contributed by atoms with Crippen LogP contribution >= 0.6 is 46.0 Å². The van der Waals surface area contributed by atoms with Crippen molar-refractivity contribution < 1.29 is 9.59 Å². The molecule has 0 aromatic heterocycles. The number of rotatable bonds is 6. The maximum Gasteiger partial charge on any atom is 0.255 e. The van der Waals surface area contributed by atoms with E-state index in [4.69, 9.17) is 11.6 Å². The third-order valence-electron chi connectivity index (χ3n) is 3.97. The number of halogens is 2. The summed E-state index contributed by atoms with van der Waals surface area (Å²) in [6, 6.07) is 21.8. The van der Waals surface area contributed by atoms with E-state index >= 15 is 0 Å². The smallest absolute Gasteiger partial charge is 0.255 e. The molecular weight excluding hydrogens is 519 g/mol. The zero-order valence-electron chi connectivity index (χ0n) is 15.5. The lowest BCUT2D eigenvalue weighted by atomic mass is 10.2. The second kappa shape index (κ2) is 10.1. The largest absolute Gasteiger partial charge is 0.325 e. The maximum atomic E-state index is 12.5. The lowest BCUT2D eigenvalue weighted by molar-refractivity contribution is -0.115. The van der Waals surface area contributed by atoms with Gasteiger partial charge in [-0.15, -0.1) is 11.8 Å². The average Bonchev–Trinajstić information content (AvgIpc) is 2.70. The van der Waals surface area contributed by atoms with Gasteiger partial charge in [-0.05, 0) is 90.2 Å². The van der Waals surface area contributed by atoms with Crippen molar-refractivity contribution in [2.24, 2.45) is 0 Å². The highest BCUT2D eigenvalue weighted by molar-refractivity contribution is 14.1. The molecule has 148 valence electrons. The second-order valence-electron chi connectivity index (χ2n) is 6.25. The lowest BCUT2D eigenvalue weighted by Gasteiger charge is -2.13. The molecule has 7 heteroatoms. The number of anilines is 2. The summed E-state index contributed by atoms with van der Waals surface area (Å²) in [5.74, 6) is -0.316. The molecule has 0 saturated carbocycles. The minimum atomic E-state index is -0.298. The number of thioether (sulfide) groups is 1. The Kier molecular flexibility index (Phi) is 7.57. The van der Waals surface area contributed by atoms with Gasteiger partial charge in [0.1, 0.15) is 0 Å². The number of hydrogen-bond acceptors (Lipinski definition) is 3. The van der Waals surface area contributed by atoms with Crippen LogP contribution in [0.2, 0.25) is 5.02 Å². The monoisotopic (exact) mass is 536 g/mol. The summed E-state index contributed by atoms with van der Waals surface area (Å²) in [5, 5.41) is 5.99. The minimum absolute atomic E-state index is 0.0791. The Hall–Kier alpha value is -2.03. The SMILES string of the molecule is CC(Sc1cccc(NC(=O)c2cccc(Cl)c2)c1)C(=O)Nc1ccc(I)cc1. The van der Waals surface area contributed by atoms with Crippen LogP contribution in [0.5, 0.6) is 0 Å². The molecule has 0 aliphatic rings. The molecule has 3 rings (SSSR count). The van der Waals surface area contributed by atoms with Crippen molar-refractivity contribution >= 4 is 69.1 Å². The Morgan fingerprint density at radius 1 is 0.931 bits per heavy atom. The van der Waals surface area contributed by atoms with E-state index in [1.165, 1.54) is 11.8 Å². The van der Waals surface area contributed by atoms with Gasteiger partial charge in [-0.1, -0.05) is 23.7 Å². The predicted molar refractivity (Wildman–Crippen MR) is 129 cm³/mol. The fourth-order valence-corrected chi connectivity index (χ4v) is 3.99. The van der Waals surface area contributed by atoms with Crippen LogP contribution in [0.3, 0.4) is 0 Å². The minimum Gasteiger partial charge on any atom is -0.325 e. The first-order chi connectivity index (χ1) is 13.9. The standard InChI is InChI=1S/C22H18ClIN2O2S/c1-14(21(27)25-18-10-8-17(24)9-11-18)29-20-7-3-6-19(13-20)26-22(28)15-4-2-5-16(23)12-15/h2-14H,1H3,(H,25,27)(H,26,28). The summed E-state index contributed by atoms with van der Waals surface area (Å²) in [5.41, 5.74) is 1.91. The molecule has 0 radical (unpaired) electrons. The number of benzene rings is 3. The van der Waals surface area contributed by atoms with Crippen molar-refractivity contribution in [1.82, 2.24) is 0 Å². The van der Waals surface area contributed by atoms with E-state index in [0.29, 0.717) is 16.3 Å². The van der Waals surface area contributed by atoms with E-state index < -0.39 is 0 Å². The first-order valence-corrected chi connectivity index (χ1v) is 11.1. The fourth-order valence-electron chi connectivity index (χ4n) is 2.51. The summed E-state index contributed by atoms with van der Waals surface area (Å²) in [6.45, 7) is 1.85. The highest BCUT2D eigenvalue weighted by Gasteiger charge is 2.15. The molecule has 1 unspecified atom stereocenters. The predicted octanol–water partition coefficient (Wildman–Crippen LogP) is 6.32. The quantitative estimate of drug-likeness (QED) is 0.286. The van der Waals surface area contributed by atoms with Gasteiger partial charge in [-0.3, -0.25) is 9.59 Å². The molecule has 1 atom stereocenters. The molecule has 0 aliphatic carbocycles. The van der Waals surface area contributed by atoms with Crippen LogP contribution in [0.1, 0.15) is 17.3 Å². The Labute approximate surface area is 192 Å². The molecule has 4 nitrogen and oxygen atoms in total. The number of carbonyl (C=O) groups is 2. The molecule has 0 aliphatic heterocycles. The van der Waals surface area contributed by atoms with Gasteiger partial charge in [0.05, 0.1) is 5.25 Å². The molecule has 0 saturated heterocycles. The average molecular weight is 537 g/mol. The van der Waals surface area contributed by atoms with Crippen LogP contribution < -0.4 is 10.6 Å². The molecule has 0 spiro atoms. The van der Waals surface area contributed by atoms with Gasteiger partial charge < -0.3 is 10.6 Å². The van der Waals surface area contributed by atoms with Crippen LogP contribution in [-0.2, 0) is 4.79 Å². The van der Waals surface area contributed by atoms with Crippen LogP contribution in [-0.4, -0.2) is 17.1 Å². The van der Waals surface area contributed by atoms with Gasteiger partial charge in [0, 0.05) is 30.4 Å². The third kappa shape index (κ3) is 6.48. The van der Waals surface area contributed by atoms with Gasteiger partial charge in [0.15, 0.2) is 0 Å². The van der Waals surface area contributed by atoms with Crippen molar-refractivity contribution in [2.75, 3.05) is 10.6 Å². The summed E-state index contributed by atoms with van der Waals surface area (Å²) in [6.07, 6.45) is 0. The van der Waals surface area contributed by atoms with Crippen LogP contribution in [0, 0.1) is 3.57 Å². The van der Waals surface area contributed by atoms with Crippen molar-refractivity contribution in [1.29, 1.82) is 0 Å². The van der Waals surface area contributed by atoms with E-state index in [1.54, 1.807) is 24.3 Å². The van der Waals surface area contributed by atoms with E-state index in [1.807, 2.05) is 55.5 Å². The van der Waals surface area contributed by atoms with Gasteiger partial charge in [-0.2, -0.15) is 0 Å². The number of amides is 2. The summed E-state index contributed by atoms with van der Waals surface area (Å²) < 4.78 is 1.11. The highest BCUT2D eigenvalue weighted by Crippen LogP contribution is 2.27. The van der Waals surface area contributed by atoms with E-state index in [0.717, 1.165) is 14.2 Å². The van der Waals surface area contributed by atoms with Gasteiger partial charge in [0.25, 0.3) is 5.91 Å². The van der Waals surface area contributed by atoms with Crippen molar-refractivity contribution in [3.63, 3.8) is 0 Å². The van der Waals surface area contributed by atoms with Crippen LogP contribution in [0.25, 0.3) is 0 Å². The van der Waals surface area contributed by atoms with Gasteiger partial charge >= 0.3 is 0 Å². The molecule has 0 fully saturated rings. The first kappa shape index (κ1) is 21.7. The Balaban J connectivity index is 1.62. The summed E-state index contributed by atoms with van der Waals surface area (Å²) in [7, 11) is 0. The van der Waals surface area contributed by atoms with Gasteiger partial charge in [-0.25, -0.2) is 0 Å². The van der Waals surface area contributed by atoms with E-state index in [-0.39, 0.29) is 17.1 Å². The Morgan fingerprint density at radius 2 is 1.66 bits per heavy atom. The number of carbonyl (C=O) groups excluding carboxylic acids is 2.